The molecule has 0 amide bonds. The predicted octanol–water partition coefficient (Wildman–Crippen LogP) is 2.93. The van der Waals surface area contributed by atoms with Gasteiger partial charge in [-0.05, 0) is 24.3 Å². The SMILES string of the molecule is N#Cc1ccc(Cl)c(Nc2ccncc2N)c1. The van der Waals surface area contributed by atoms with Crippen LogP contribution in [0.5, 0.6) is 0 Å². The highest BCUT2D eigenvalue weighted by molar-refractivity contribution is 6.33. The quantitative estimate of drug-likeness (QED) is 0.852. The molecule has 0 radical (unpaired) electrons. The summed E-state index contributed by atoms with van der Waals surface area (Å²) >= 11 is 6.03. The maximum absolute atomic E-state index is 8.82. The van der Waals surface area contributed by atoms with E-state index in [4.69, 9.17) is 22.6 Å². The molecule has 0 saturated heterocycles. The first-order valence-corrected chi connectivity index (χ1v) is 5.24. The summed E-state index contributed by atoms with van der Waals surface area (Å²) in [5.74, 6) is 0. The number of benzene rings is 1. The molecule has 0 saturated carbocycles. The lowest BCUT2D eigenvalue weighted by Gasteiger charge is -2.10. The molecule has 0 fully saturated rings. The molecule has 5 heteroatoms. The monoisotopic (exact) mass is 244 g/mol. The normalized spacial score (nSPS) is 9.65. The van der Waals surface area contributed by atoms with E-state index in [0.717, 1.165) is 0 Å². The maximum Gasteiger partial charge on any atom is 0.0992 e. The molecule has 17 heavy (non-hydrogen) atoms. The highest BCUT2D eigenvalue weighted by Crippen LogP contribution is 2.28. The van der Waals surface area contributed by atoms with Crippen molar-refractivity contribution < 1.29 is 0 Å². The fourth-order valence-electron chi connectivity index (χ4n) is 1.36. The minimum Gasteiger partial charge on any atom is -0.396 e. The molecule has 3 N–H and O–H groups in total. The van der Waals surface area contributed by atoms with Crippen LogP contribution in [0.1, 0.15) is 5.56 Å². The van der Waals surface area contributed by atoms with Crippen molar-refractivity contribution in [2.75, 3.05) is 11.1 Å². The molecule has 1 heterocycles. The Morgan fingerprint density at radius 3 is 2.82 bits per heavy atom. The number of anilines is 3. The lowest BCUT2D eigenvalue weighted by atomic mass is 10.2. The van der Waals surface area contributed by atoms with Crippen LogP contribution in [-0.2, 0) is 0 Å². The molecule has 2 rings (SSSR count). The molecule has 1 aromatic heterocycles. The average molecular weight is 245 g/mol. The van der Waals surface area contributed by atoms with E-state index in [-0.39, 0.29) is 0 Å². The number of nitrogen functional groups attached to an aromatic ring is 1. The highest BCUT2D eigenvalue weighted by Gasteiger charge is 2.04. The van der Waals surface area contributed by atoms with Crippen molar-refractivity contribution in [1.29, 1.82) is 5.26 Å². The zero-order valence-corrected chi connectivity index (χ0v) is 9.57. The van der Waals surface area contributed by atoms with Crippen LogP contribution >= 0.6 is 11.6 Å². The third-order valence-corrected chi connectivity index (χ3v) is 2.55. The van der Waals surface area contributed by atoms with Crippen LogP contribution in [0.25, 0.3) is 0 Å². The number of nitriles is 1. The Bertz CT molecular complexity index is 589. The van der Waals surface area contributed by atoms with Crippen molar-refractivity contribution >= 4 is 28.7 Å². The molecule has 0 spiro atoms. The Morgan fingerprint density at radius 1 is 1.29 bits per heavy atom. The van der Waals surface area contributed by atoms with Gasteiger partial charge in [0, 0.05) is 6.20 Å². The highest BCUT2D eigenvalue weighted by atomic mass is 35.5. The van der Waals surface area contributed by atoms with Crippen LogP contribution in [0.15, 0.2) is 36.7 Å². The summed E-state index contributed by atoms with van der Waals surface area (Å²) in [5, 5.41) is 12.4. The van der Waals surface area contributed by atoms with Crippen molar-refractivity contribution in [3.63, 3.8) is 0 Å². The summed E-state index contributed by atoms with van der Waals surface area (Å²) in [6, 6.07) is 8.79. The lowest BCUT2D eigenvalue weighted by Crippen LogP contribution is -1.97. The third-order valence-electron chi connectivity index (χ3n) is 2.22. The minimum absolute atomic E-state index is 0.519. The number of halogens is 1. The number of hydrogen-bond donors (Lipinski definition) is 2. The molecule has 0 bridgehead atoms. The standard InChI is InChI=1S/C12H9ClN4/c13-9-2-1-8(6-14)5-12(9)17-11-3-4-16-7-10(11)15/h1-5,7H,15H2,(H,16,17). The van der Waals surface area contributed by atoms with Crippen molar-refractivity contribution in [1.82, 2.24) is 4.98 Å². The molecule has 0 unspecified atom stereocenters. The second-order valence-corrected chi connectivity index (χ2v) is 3.80. The zero-order valence-electron chi connectivity index (χ0n) is 8.81. The first-order chi connectivity index (χ1) is 8.20. The summed E-state index contributed by atoms with van der Waals surface area (Å²) in [7, 11) is 0. The summed E-state index contributed by atoms with van der Waals surface area (Å²) in [5.41, 5.74) is 8.16. The van der Waals surface area contributed by atoms with E-state index in [1.54, 1.807) is 36.7 Å². The lowest BCUT2D eigenvalue weighted by molar-refractivity contribution is 1.33. The fraction of sp³-hybridized carbons (Fsp3) is 0. The Labute approximate surface area is 104 Å². The van der Waals surface area contributed by atoms with Gasteiger partial charge in [-0.3, -0.25) is 4.98 Å². The molecular weight excluding hydrogens is 236 g/mol. The van der Waals surface area contributed by atoms with Gasteiger partial charge in [0.25, 0.3) is 0 Å². The second kappa shape index (κ2) is 4.73. The molecule has 84 valence electrons. The summed E-state index contributed by atoms with van der Waals surface area (Å²) in [6.07, 6.45) is 3.17. The summed E-state index contributed by atoms with van der Waals surface area (Å²) in [4.78, 5) is 3.89. The van der Waals surface area contributed by atoms with E-state index < -0.39 is 0 Å². The first-order valence-electron chi connectivity index (χ1n) is 4.87. The van der Waals surface area contributed by atoms with Gasteiger partial charge < -0.3 is 11.1 Å². The smallest absolute Gasteiger partial charge is 0.0992 e. The van der Waals surface area contributed by atoms with E-state index >= 15 is 0 Å². The average Bonchev–Trinajstić information content (AvgIpc) is 2.35. The zero-order chi connectivity index (χ0) is 12.3. The molecule has 0 aliphatic heterocycles. The molecule has 0 atom stereocenters. The second-order valence-electron chi connectivity index (χ2n) is 3.39. The van der Waals surface area contributed by atoms with E-state index in [2.05, 4.69) is 16.4 Å². The Morgan fingerprint density at radius 2 is 2.12 bits per heavy atom. The van der Waals surface area contributed by atoms with Gasteiger partial charge in [0.1, 0.15) is 0 Å². The van der Waals surface area contributed by atoms with Gasteiger partial charge in [-0.2, -0.15) is 5.26 Å². The molecule has 4 nitrogen and oxygen atoms in total. The van der Waals surface area contributed by atoms with Crippen molar-refractivity contribution in [2.45, 2.75) is 0 Å². The number of nitrogens with zero attached hydrogens (tertiary/aromatic N) is 2. The number of hydrogen-bond acceptors (Lipinski definition) is 4. The van der Waals surface area contributed by atoms with Crippen LogP contribution in [0.3, 0.4) is 0 Å². The van der Waals surface area contributed by atoms with E-state index in [0.29, 0.717) is 27.6 Å². The van der Waals surface area contributed by atoms with Crippen LogP contribution in [0.4, 0.5) is 17.1 Å². The third kappa shape index (κ3) is 2.47. The molecule has 0 aliphatic carbocycles. The summed E-state index contributed by atoms with van der Waals surface area (Å²) in [6.45, 7) is 0. The van der Waals surface area contributed by atoms with Gasteiger partial charge in [0.05, 0.1) is 39.9 Å². The Kier molecular flexibility index (Phi) is 3.12. The molecular formula is C12H9ClN4. The van der Waals surface area contributed by atoms with Gasteiger partial charge in [0.15, 0.2) is 0 Å². The van der Waals surface area contributed by atoms with Gasteiger partial charge in [-0.25, -0.2) is 0 Å². The molecule has 1 aromatic carbocycles. The van der Waals surface area contributed by atoms with E-state index in [1.165, 1.54) is 0 Å². The number of pyridine rings is 1. The Hall–Kier alpha value is -2.25. The van der Waals surface area contributed by atoms with Crippen molar-refractivity contribution in [3.05, 3.63) is 47.2 Å². The van der Waals surface area contributed by atoms with Crippen LogP contribution in [0.2, 0.25) is 5.02 Å². The van der Waals surface area contributed by atoms with Crippen LogP contribution < -0.4 is 11.1 Å². The minimum atomic E-state index is 0.519. The van der Waals surface area contributed by atoms with Crippen LogP contribution in [0, 0.1) is 11.3 Å². The van der Waals surface area contributed by atoms with E-state index in [1.807, 2.05) is 0 Å². The van der Waals surface area contributed by atoms with Crippen LogP contribution in [-0.4, -0.2) is 4.98 Å². The van der Waals surface area contributed by atoms with E-state index in [9.17, 15) is 0 Å². The largest absolute Gasteiger partial charge is 0.396 e. The topological polar surface area (TPSA) is 74.7 Å². The van der Waals surface area contributed by atoms with Crippen molar-refractivity contribution in [2.24, 2.45) is 0 Å². The van der Waals surface area contributed by atoms with Gasteiger partial charge in [-0.15, -0.1) is 0 Å². The predicted molar refractivity (Wildman–Crippen MR) is 68.1 cm³/mol. The first kappa shape index (κ1) is 11.2. The number of nitrogens with one attached hydrogen (secondary N) is 1. The number of aromatic nitrogens is 1. The molecule has 2 aromatic rings. The van der Waals surface area contributed by atoms with Gasteiger partial charge >= 0.3 is 0 Å². The van der Waals surface area contributed by atoms with Gasteiger partial charge in [0.2, 0.25) is 0 Å². The van der Waals surface area contributed by atoms with Gasteiger partial charge in [-0.1, -0.05) is 11.6 Å². The Balaban J connectivity index is 2.37. The van der Waals surface area contributed by atoms with Crippen molar-refractivity contribution in [3.8, 4) is 6.07 Å². The fourth-order valence-corrected chi connectivity index (χ4v) is 1.52. The summed E-state index contributed by atoms with van der Waals surface area (Å²) < 4.78 is 0. The number of rotatable bonds is 2. The molecule has 0 aliphatic rings. The maximum atomic E-state index is 8.82. The number of nitrogens with two attached hydrogens (primary N) is 1.